The number of unbranched alkanes of at least 4 members (excludes halogenated alkanes) is 3. The molecule has 0 aromatic heterocycles. The molecule has 6 nitrogen and oxygen atoms in total. The lowest BCUT2D eigenvalue weighted by Crippen LogP contribution is -2.36. The van der Waals surface area contributed by atoms with Gasteiger partial charge in [0.15, 0.2) is 5.84 Å². The van der Waals surface area contributed by atoms with Crippen molar-refractivity contribution in [2.24, 2.45) is 22.2 Å². The Kier molecular flexibility index (Phi) is 8.55. The number of ether oxygens (including phenoxy) is 1. The molecule has 1 amide bonds. The first-order valence-electron chi connectivity index (χ1n) is 11.6. The van der Waals surface area contributed by atoms with E-state index in [4.69, 9.17) is 15.7 Å². The van der Waals surface area contributed by atoms with E-state index >= 15 is 0 Å². The van der Waals surface area contributed by atoms with Gasteiger partial charge in [0, 0.05) is 18.9 Å². The maximum absolute atomic E-state index is 12.4. The molecule has 4 N–H and O–H groups in total. The normalized spacial score (nSPS) is 18.9. The van der Waals surface area contributed by atoms with Gasteiger partial charge in [0.2, 0.25) is 5.91 Å². The van der Waals surface area contributed by atoms with Gasteiger partial charge in [-0.2, -0.15) is 0 Å². The summed E-state index contributed by atoms with van der Waals surface area (Å²) in [6.45, 7) is 1.86. The van der Waals surface area contributed by atoms with Crippen LogP contribution in [0.25, 0.3) is 0 Å². The van der Waals surface area contributed by atoms with Crippen molar-refractivity contribution in [1.29, 1.82) is 0 Å². The second-order valence-electron chi connectivity index (χ2n) is 8.96. The molecule has 0 heterocycles. The zero-order valence-electron chi connectivity index (χ0n) is 18.1. The molecule has 166 valence electrons. The summed E-state index contributed by atoms with van der Waals surface area (Å²) in [7, 11) is 0. The Morgan fingerprint density at radius 2 is 1.80 bits per heavy atom. The lowest BCUT2D eigenvalue weighted by molar-refractivity contribution is -0.119. The van der Waals surface area contributed by atoms with Crippen molar-refractivity contribution >= 4 is 17.4 Å². The predicted molar refractivity (Wildman–Crippen MR) is 120 cm³/mol. The van der Waals surface area contributed by atoms with Crippen LogP contribution in [-0.4, -0.2) is 30.2 Å². The molecule has 30 heavy (non-hydrogen) atoms. The first-order valence-corrected chi connectivity index (χ1v) is 11.6. The lowest BCUT2D eigenvalue weighted by atomic mass is 9.90. The highest BCUT2D eigenvalue weighted by molar-refractivity contribution is 6.14. The second kappa shape index (κ2) is 11.3. The molecule has 3 rings (SSSR count). The molecule has 0 spiro atoms. The van der Waals surface area contributed by atoms with E-state index in [0.29, 0.717) is 12.8 Å². The Morgan fingerprint density at radius 3 is 2.47 bits per heavy atom. The highest BCUT2D eigenvalue weighted by Gasteiger charge is 2.54. The third kappa shape index (κ3) is 6.46. The Labute approximate surface area is 180 Å². The van der Waals surface area contributed by atoms with Crippen molar-refractivity contribution in [3.8, 4) is 0 Å². The summed E-state index contributed by atoms with van der Waals surface area (Å²) in [6, 6.07) is 7.97. The van der Waals surface area contributed by atoms with E-state index in [1.165, 1.54) is 56.9 Å². The summed E-state index contributed by atoms with van der Waals surface area (Å²) < 4.78 is 5.87. The monoisotopic (exact) mass is 415 g/mol. The van der Waals surface area contributed by atoms with Crippen molar-refractivity contribution in [3.05, 3.63) is 29.8 Å². The molecule has 0 saturated heterocycles. The number of amides is 1. The maximum Gasteiger partial charge on any atom is 0.238 e. The number of carbonyl (C=O) groups is 1. The van der Waals surface area contributed by atoms with Gasteiger partial charge in [0.05, 0.1) is 0 Å². The number of nitrogens with zero attached hydrogens (tertiary/aromatic N) is 1. The zero-order chi connectivity index (χ0) is 21.2. The van der Waals surface area contributed by atoms with Crippen molar-refractivity contribution in [2.75, 3.05) is 18.5 Å². The van der Waals surface area contributed by atoms with Gasteiger partial charge in [0.1, 0.15) is 5.41 Å². The molecule has 0 aliphatic heterocycles. The molecular weight excluding hydrogens is 378 g/mol. The van der Waals surface area contributed by atoms with Crippen LogP contribution in [0.4, 0.5) is 5.69 Å². The highest BCUT2D eigenvalue weighted by Crippen LogP contribution is 2.46. The lowest BCUT2D eigenvalue weighted by Gasteiger charge is -2.21. The van der Waals surface area contributed by atoms with Gasteiger partial charge in [-0.25, -0.2) is 0 Å². The largest absolute Gasteiger partial charge is 0.409 e. The summed E-state index contributed by atoms with van der Waals surface area (Å²) in [5.74, 6) is 0.605. The van der Waals surface area contributed by atoms with Crippen molar-refractivity contribution < 1.29 is 14.7 Å². The number of hydrogen-bond acceptors (Lipinski definition) is 4. The highest BCUT2D eigenvalue weighted by atomic mass is 16.5. The zero-order valence-corrected chi connectivity index (χ0v) is 18.1. The van der Waals surface area contributed by atoms with E-state index in [1.54, 1.807) is 0 Å². The smallest absolute Gasteiger partial charge is 0.238 e. The molecule has 2 aliphatic rings. The first kappa shape index (κ1) is 22.6. The van der Waals surface area contributed by atoms with E-state index < -0.39 is 5.41 Å². The Hall–Kier alpha value is -2.08. The number of hydrogen-bond donors (Lipinski definition) is 3. The summed E-state index contributed by atoms with van der Waals surface area (Å²) in [5.41, 5.74) is 6.86. The van der Waals surface area contributed by atoms with E-state index in [2.05, 4.69) is 22.6 Å². The van der Waals surface area contributed by atoms with Gasteiger partial charge in [-0.15, -0.1) is 0 Å². The van der Waals surface area contributed by atoms with Crippen LogP contribution in [0.1, 0.15) is 76.2 Å². The number of carbonyl (C=O) groups excluding carboxylic acids is 1. The minimum Gasteiger partial charge on any atom is -0.409 e. The molecule has 0 unspecified atom stereocenters. The predicted octanol–water partition coefficient (Wildman–Crippen LogP) is 4.85. The number of amidine groups is 1. The maximum atomic E-state index is 12.4. The average molecular weight is 416 g/mol. The Morgan fingerprint density at radius 1 is 1.10 bits per heavy atom. The third-order valence-electron chi connectivity index (χ3n) is 6.58. The summed E-state index contributed by atoms with van der Waals surface area (Å²) in [4.78, 5) is 12.4. The van der Waals surface area contributed by atoms with Crippen LogP contribution in [0.2, 0.25) is 0 Å². The number of anilines is 1. The fourth-order valence-electron chi connectivity index (χ4n) is 4.32. The molecule has 1 aromatic rings. The second-order valence-corrected chi connectivity index (χ2v) is 8.96. The number of nitrogens with one attached hydrogen (secondary N) is 1. The van der Waals surface area contributed by atoms with Crippen LogP contribution in [0.15, 0.2) is 29.4 Å². The van der Waals surface area contributed by atoms with Gasteiger partial charge < -0.3 is 21.0 Å². The molecule has 0 radical (unpaired) electrons. The quantitative estimate of drug-likeness (QED) is 0.149. The van der Waals surface area contributed by atoms with Gasteiger partial charge in [-0.1, -0.05) is 49.4 Å². The van der Waals surface area contributed by atoms with Crippen molar-refractivity contribution in [2.45, 2.75) is 77.0 Å². The van der Waals surface area contributed by atoms with E-state index in [1.807, 2.05) is 12.1 Å². The van der Waals surface area contributed by atoms with E-state index in [-0.39, 0.29) is 11.7 Å². The standard InChI is InChI=1S/C24H37N3O3/c25-22(27-29)24(15-16-24)23(28)26-21-13-11-19(12-14-21)8-4-1-2-7-17-30-18-20-9-5-3-6-10-20/h11-14,20,29H,1-10,15-18H2,(H2,25,27)(H,26,28). The topological polar surface area (TPSA) is 96.9 Å². The van der Waals surface area contributed by atoms with Gasteiger partial charge in [-0.05, 0) is 68.6 Å². The molecule has 2 saturated carbocycles. The van der Waals surface area contributed by atoms with Crippen LogP contribution in [0, 0.1) is 11.3 Å². The molecule has 2 fully saturated rings. The summed E-state index contributed by atoms with van der Waals surface area (Å²) in [5, 5.41) is 14.7. The van der Waals surface area contributed by atoms with Gasteiger partial charge >= 0.3 is 0 Å². The SMILES string of the molecule is N/C(=N\O)C1(C(=O)Nc2ccc(CCCCCCOCC3CCCCC3)cc2)CC1. The molecule has 0 bridgehead atoms. The van der Waals surface area contributed by atoms with Crippen LogP contribution >= 0.6 is 0 Å². The summed E-state index contributed by atoms with van der Waals surface area (Å²) in [6.07, 6.45) is 13.9. The van der Waals surface area contributed by atoms with Crippen LogP contribution in [-0.2, 0) is 16.0 Å². The number of nitrogens with two attached hydrogens (primary N) is 1. The first-order chi connectivity index (χ1) is 14.6. The van der Waals surface area contributed by atoms with Crippen LogP contribution < -0.4 is 11.1 Å². The molecule has 2 aliphatic carbocycles. The molecular formula is C24H37N3O3. The van der Waals surface area contributed by atoms with Crippen molar-refractivity contribution in [1.82, 2.24) is 0 Å². The number of benzene rings is 1. The van der Waals surface area contributed by atoms with E-state index in [9.17, 15) is 4.79 Å². The minimum atomic E-state index is -0.826. The van der Waals surface area contributed by atoms with Gasteiger partial charge in [-0.3, -0.25) is 4.79 Å². The van der Waals surface area contributed by atoms with E-state index in [0.717, 1.165) is 37.7 Å². The Bertz CT molecular complexity index is 692. The van der Waals surface area contributed by atoms with Gasteiger partial charge in [0.25, 0.3) is 0 Å². The fraction of sp³-hybridized carbons (Fsp3) is 0.667. The molecule has 1 aromatic carbocycles. The Balaban J connectivity index is 1.25. The number of oxime groups is 1. The third-order valence-corrected chi connectivity index (χ3v) is 6.58. The number of aryl methyl sites for hydroxylation is 1. The minimum absolute atomic E-state index is 0.00370. The van der Waals surface area contributed by atoms with Crippen LogP contribution in [0.3, 0.4) is 0 Å². The average Bonchev–Trinajstić information content (AvgIpc) is 3.59. The van der Waals surface area contributed by atoms with Crippen molar-refractivity contribution in [3.63, 3.8) is 0 Å². The van der Waals surface area contributed by atoms with Crippen LogP contribution in [0.5, 0.6) is 0 Å². The summed E-state index contributed by atoms with van der Waals surface area (Å²) >= 11 is 0. The molecule has 0 atom stereocenters. The number of rotatable bonds is 12. The molecule has 6 heteroatoms. The fourth-order valence-corrected chi connectivity index (χ4v) is 4.32.